The highest BCUT2D eigenvalue weighted by Crippen LogP contribution is 2.48. The molecule has 0 aliphatic carbocycles. The molecule has 0 bridgehead atoms. The molecule has 1 atom stereocenters. The van der Waals surface area contributed by atoms with Gasteiger partial charge in [0.2, 0.25) is 0 Å². The van der Waals surface area contributed by atoms with Crippen molar-refractivity contribution in [2.24, 2.45) is 0 Å². The molecule has 0 fully saturated rings. The van der Waals surface area contributed by atoms with E-state index in [0.29, 0.717) is 12.2 Å². The number of fused-ring (bicyclic) bond motifs is 2. The molecule has 0 saturated heterocycles. The lowest BCUT2D eigenvalue weighted by Gasteiger charge is -2.22. The van der Waals surface area contributed by atoms with Crippen LogP contribution in [0.2, 0.25) is 0 Å². The van der Waals surface area contributed by atoms with E-state index in [4.69, 9.17) is 26.0 Å². The van der Waals surface area contributed by atoms with Gasteiger partial charge in [0, 0.05) is 17.5 Å². The number of halogens is 2. The summed E-state index contributed by atoms with van der Waals surface area (Å²) < 4.78 is 18.2. The number of carbonyl (C=O) groups excluding carboxylic acids is 1. The van der Waals surface area contributed by atoms with Gasteiger partial charge in [0.1, 0.15) is 17.5 Å². The van der Waals surface area contributed by atoms with E-state index in [2.05, 4.69) is 57.8 Å². The Balaban J connectivity index is 2.07. The zero-order valence-corrected chi connectivity index (χ0v) is 22.1. The predicted molar refractivity (Wildman–Crippen MR) is 146 cm³/mol. The van der Waals surface area contributed by atoms with Gasteiger partial charge in [-0.25, -0.2) is 4.84 Å². The quantitative estimate of drug-likeness (QED) is 0.144. The smallest absolute Gasteiger partial charge is 0.324 e. The molecule has 0 spiro atoms. The maximum atomic E-state index is 12.5. The number of rotatable bonds is 8. The molecule has 0 aliphatic rings. The van der Waals surface area contributed by atoms with Crippen LogP contribution in [0, 0.1) is 3.57 Å². The van der Waals surface area contributed by atoms with Crippen molar-refractivity contribution in [2.45, 2.75) is 19.4 Å². The van der Waals surface area contributed by atoms with Gasteiger partial charge in [0.15, 0.2) is 0 Å². The van der Waals surface area contributed by atoms with Gasteiger partial charge in [-0.1, -0.05) is 48.5 Å². The molecular weight excluding hydrogens is 565 g/mol. The fourth-order valence-electron chi connectivity index (χ4n) is 4.39. The molecular formula is C27H25ClINO4. The summed E-state index contributed by atoms with van der Waals surface area (Å²) in [6.07, 6.45) is 0.299. The highest BCUT2D eigenvalue weighted by atomic mass is 127. The number of benzene rings is 4. The molecule has 0 radical (unpaired) electrons. The second-order valence-corrected chi connectivity index (χ2v) is 9.15. The first kappa shape index (κ1) is 24.6. The van der Waals surface area contributed by atoms with Gasteiger partial charge in [0.05, 0.1) is 24.4 Å². The van der Waals surface area contributed by atoms with Crippen molar-refractivity contribution in [3.63, 3.8) is 0 Å². The van der Waals surface area contributed by atoms with Gasteiger partial charge in [-0.2, -0.15) is 0 Å². The van der Waals surface area contributed by atoms with Crippen LogP contribution in [0.15, 0.2) is 60.7 Å². The van der Waals surface area contributed by atoms with Crippen molar-refractivity contribution in [3.8, 4) is 22.6 Å². The van der Waals surface area contributed by atoms with Gasteiger partial charge in [-0.15, -0.1) is 0 Å². The summed E-state index contributed by atoms with van der Waals surface area (Å²) in [7, 11) is 3.33. The lowest BCUT2D eigenvalue weighted by atomic mass is 9.89. The van der Waals surface area contributed by atoms with Crippen LogP contribution < -0.4 is 14.3 Å². The van der Waals surface area contributed by atoms with Crippen LogP contribution >= 0.6 is 34.4 Å². The topological polar surface area (TPSA) is 56.8 Å². The second-order valence-electron chi connectivity index (χ2n) is 7.77. The van der Waals surface area contributed by atoms with Gasteiger partial charge in [-0.05, 0) is 80.5 Å². The Kier molecular flexibility index (Phi) is 7.80. The third-order valence-corrected chi connectivity index (χ3v) is 6.88. The van der Waals surface area contributed by atoms with Crippen LogP contribution in [-0.4, -0.2) is 32.8 Å². The molecule has 4 aromatic carbocycles. The van der Waals surface area contributed by atoms with Crippen LogP contribution in [0.4, 0.5) is 0 Å². The van der Waals surface area contributed by atoms with E-state index in [9.17, 15) is 4.79 Å². The molecule has 7 heteroatoms. The van der Waals surface area contributed by atoms with Crippen LogP contribution in [-0.2, 0) is 16.0 Å². The van der Waals surface area contributed by atoms with Crippen molar-refractivity contribution in [2.75, 3.05) is 20.8 Å². The van der Waals surface area contributed by atoms with E-state index in [1.807, 2.05) is 30.3 Å². The Labute approximate surface area is 217 Å². The second kappa shape index (κ2) is 10.8. The number of ether oxygens (including phenoxy) is 3. The molecule has 0 amide bonds. The van der Waals surface area contributed by atoms with Crippen LogP contribution in [0.1, 0.15) is 12.5 Å². The van der Waals surface area contributed by atoms with Gasteiger partial charge in [-0.3, -0.25) is 4.79 Å². The zero-order valence-electron chi connectivity index (χ0n) is 19.2. The van der Waals surface area contributed by atoms with Crippen LogP contribution in [0.25, 0.3) is 32.7 Å². The van der Waals surface area contributed by atoms with Crippen molar-refractivity contribution < 1.29 is 19.0 Å². The third kappa shape index (κ3) is 4.54. The largest absolute Gasteiger partial charge is 0.496 e. The SMILES string of the molecule is CCOC(=O)C(Cc1cc2ccccc2c(-c2c(OC)c(I)cc3ccccc23)c1OC)NCl. The maximum Gasteiger partial charge on any atom is 0.324 e. The summed E-state index contributed by atoms with van der Waals surface area (Å²) in [5.74, 6) is 1.04. The normalized spacial score (nSPS) is 12.0. The van der Waals surface area contributed by atoms with Crippen molar-refractivity contribution >= 4 is 61.9 Å². The molecule has 176 valence electrons. The number of nitrogens with one attached hydrogen (secondary N) is 1. The average molecular weight is 590 g/mol. The van der Waals surface area contributed by atoms with E-state index in [1.165, 1.54) is 0 Å². The number of hydrogen-bond donors (Lipinski definition) is 1. The van der Waals surface area contributed by atoms with E-state index in [0.717, 1.165) is 47.6 Å². The number of carbonyl (C=O) groups is 1. The number of esters is 1. The van der Waals surface area contributed by atoms with E-state index in [1.54, 1.807) is 21.1 Å². The molecule has 0 aromatic heterocycles. The first-order valence-electron chi connectivity index (χ1n) is 10.9. The molecule has 4 aromatic rings. The standard InChI is InChI=1S/C27H25ClINO4/c1-4-34-27(31)22(30-28)15-18-13-16-9-5-7-11-19(16)23(25(18)32-2)24-20-12-8-6-10-17(20)14-21(29)26(24)33-3/h5-14,22,30H,4,15H2,1-3H3. The van der Waals surface area contributed by atoms with Crippen LogP contribution in [0.3, 0.4) is 0 Å². The van der Waals surface area contributed by atoms with Crippen molar-refractivity contribution in [3.05, 3.63) is 69.8 Å². The lowest BCUT2D eigenvalue weighted by molar-refractivity contribution is -0.145. The Morgan fingerprint density at radius 3 is 2.06 bits per heavy atom. The van der Waals surface area contributed by atoms with Gasteiger partial charge >= 0.3 is 5.97 Å². The maximum absolute atomic E-state index is 12.5. The Hall–Kier alpha value is -2.55. The minimum Gasteiger partial charge on any atom is -0.496 e. The molecule has 34 heavy (non-hydrogen) atoms. The molecule has 1 unspecified atom stereocenters. The first-order valence-corrected chi connectivity index (χ1v) is 12.4. The summed E-state index contributed by atoms with van der Waals surface area (Å²) in [5.41, 5.74) is 2.71. The highest BCUT2D eigenvalue weighted by Gasteiger charge is 2.26. The summed E-state index contributed by atoms with van der Waals surface area (Å²) in [5, 5.41) is 4.21. The van der Waals surface area contributed by atoms with Gasteiger partial charge in [0.25, 0.3) is 0 Å². The number of methoxy groups -OCH3 is 2. The fraction of sp³-hybridized carbons (Fsp3) is 0.222. The fourth-order valence-corrected chi connectivity index (χ4v) is 5.38. The highest BCUT2D eigenvalue weighted by molar-refractivity contribution is 14.1. The average Bonchev–Trinajstić information content (AvgIpc) is 2.85. The van der Waals surface area contributed by atoms with E-state index < -0.39 is 12.0 Å². The minimum absolute atomic E-state index is 0.277. The molecule has 5 nitrogen and oxygen atoms in total. The lowest BCUT2D eigenvalue weighted by Crippen LogP contribution is -2.34. The molecule has 0 aliphatic heterocycles. The summed E-state index contributed by atoms with van der Waals surface area (Å²) >= 11 is 8.26. The molecule has 0 heterocycles. The summed E-state index contributed by atoms with van der Waals surface area (Å²) in [6, 6.07) is 19.8. The monoisotopic (exact) mass is 589 g/mol. The third-order valence-electron chi connectivity index (χ3n) is 5.82. The summed E-state index contributed by atoms with van der Waals surface area (Å²) in [6.45, 7) is 2.05. The van der Waals surface area contributed by atoms with Crippen LogP contribution in [0.5, 0.6) is 11.5 Å². The molecule has 1 N–H and O–H groups in total. The van der Waals surface area contributed by atoms with Crippen molar-refractivity contribution in [1.29, 1.82) is 0 Å². The number of hydrogen-bond acceptors (Lipinski definition) is 5. The predicted octanol–water partition coefficient (Wildman–Crippen LogP) is 6.50. The Bertz CT molecular complexity index is 1360. The first-order chi connectivity index (χ1) is 16.5. The molecule has 0 saturated carbocycles. The minimum atomic E-state index is -0.723. The Morgan fingerprint density at radius 1 is 0.941 bits per heavy atom. The van der Waals surface area contributed by atoms with E-state index >= 15 is 0 Å². The van der Waals surface area contributed by atoms with E-state index in [-0.39, 0.29) is 6.61 Å². The summed E-state index contributed by atoms with van der Waals surface area (Å²) in [4.78, 5) is 15.1. The Morgan fingerprint density at radius 2 is 1.50 bits per heavy atom. The molecule has 4 rings (SSSR count). The zero-order chi connectivity index (χ0) is 24.2. The van der Waals surface area contributed by atoms with Crippen molar-refractivity contribution in [1.82, 2.24) is 4.84 Å². The van der Waals surface area contributed by atoms with Gasteiger partial charge < -0.3 is 14.2 Å².